The maximum Gasteiger partial charge on any atom is 0.260 e. The number of piperidine rings is 1. The van der Waals surface area contributed by atoms with Crippen LogP contribution in [0.3, 0.4) is 0 Å². The fraction of sp³-hybridized carbons (Fsp3) is 0.682. The van der Waals surface area contributed by atoms with E-state index in [2.05, 4.69) is 16.9 Å². The predicted octanol–water partition coefficient (Wildman–Crippen LogP) is 1.81. The summed E-state index contributed by atoms with van der Waals surface area (Å²) in [5.41, 5.74) is 1.40. The van der Waals surface area contributed by atoms with Crippen molar-refractivity contribution in [1.82, 2.24) is 9.62 Å². The summed E-state index contributed by atoms with van der Waals surface area (Å²) in [6.45, 7) is 0.913. The molecule has 1 aromatic rings. The first-order valence-electron chi connectivity index (χ1n) is 11.0. The van der Waals surface area contributed by atoms with Gasteiger partial charge in [-0.15, -0.1) is 0 Å². The second-order valence-corrected chi connectivity index (χ2v) is 11.1. The third kappa shape index (κ3) is 3.74. The lowest BCUT2D eigenvalue weighted by Crippen LogP contribution is -2.59. The van der Waals surface area contributed by atoms with Crippen molar-refractivity contribution in [3.63, 3.8) is 0 Å². The molecule has 2 aliphatic carbocycles. The monoisotopic (exact) mass is 434 g/mol. The molecule has 7 nitrogen and oxygen atoms in total. The topological polar surface area (TPSA) is 84.9 Å². The number of rotatable bonds is 2. The van der Waals surface area contributed by atoms with Crippen molar-refractivity contribution in [2.45, 2.75) is 62.1 Å². The van der Waals surface area contributed by atoms with Gasteiger partial charge in [-0.05, 0) is 50.5 Å². The van der Waals surface area contributed by atoms with Gasteiger partial charge in [0, 0.05) is 23.6 Å². The van der Waals surface area contributed by atoms with Gasteiger partial charge in [0.05, 0.1) is 25.0 Å². The average Bonchev–Trinajstić information content (AvgIpc) is 3.44. The third-order valence-corrected chi connectivity index (χ3v) is 8.16. The highest BCUT2D eigenvalue weighted by Crippen LogP contribution is 2.64. The Hall–Kier alpha value is -1.64. The molecule has 164 valence electrons. The Bertz CT molecular complexity index is 935. The van der Waals surface area contributed by atoms with Crippen LogP contribution in [0.5, 0.6) is 5.75 Å². The maximum atomic E-state index is 13.1. The number of amides is 1. The molecule has 3 heterocycles. The van der Waals surface area contributed by atoms with Gasteiger partial charge in [-0.25, -0.2) is 13.1 Å². The number of carbonyl (C=O) groups is 1. The fourth-order valence-corrected chi connectivity index (χ4v) is 6.74. The fourth-order valence-electron chi connectivity index (χ4n) is 5.91. The molecule has 1 N–H and O–H groups in total. The summed E-state index contributed by atoms with van der Waals surface area (Å²) >= 11 is 0. The van der Waals surface area contributed by atoms with E-state index >= 15 is 0 Å². The van der Waals surface area contributed by atoms with Crippen LogP contribution < -0.4 is 9.46 Å². The quantitative estimate of drug-likeness (QED) is 0.768. The summed E-state index contributed by atoms with van der Waals surface area (Å²) in [6.07, 6.45) is 6.99. The van der Waals surface area contributed by atoms with E-state index in [4.69, 9.17) is 9.47 Å². The van der Waals surface area contributed by atoms with Crippen LogP contribution in [0, 0.1) is 5.92 Å². The normalized spacial score (nSPS) is 36.3. The number of nitrogens with zero attached hydrogens (tertiary/aromatic N) is 1. The van der Waals surface area contributed by atoms with Crippen molar-refractivity contribution in [2.24, 2.45) is 5.92 Å². The Balaban J connectivity index is 1.45. The standard InChI is InChI=1S/C22H30N2O5S/c1-30(26,27)23-18-6-4-10-24-19(18)13-28-16-8-9-22(12-15(22)11-16)17-5-2-3-7-20(17)29-14-21(24)25/h2-3,5,7,15-16,18-19,23H,4,6,8-14H2,1H3/t15?,16-,18+,19+,22-/m1/s1. The first-order chi connectivity index (χ1) is 14.4. The first kappa shape index (κ1) is 20.3. The Labute approximate surface area is 178 Å². The molecule has 2 saturated carbocycles. The molecule has 3 aliphatic heterocycles. The molecule has 2 bridgehead atoms. The number of ether oxygens (including phenoxy) is 2. The van der Waals surface area contributed by atoms with Crippen LogP contribution in [0.15, 0.2) is 24.3 Å². The summed E-state index contributed by atoms with van der Waals surface area (Å²) in [6, 6.07) is 7.48. The Morgan fingerprint density at radius 1 is 1.23 bits per heavy atom. The summed E-state index contributed by atoms with van der Waals surface area (Å²) in [5.74, 6) is 1.28. The molecule has 30 heavy (non-hydrogen) atoms. The number of hydrogen-bond acceptors (Lipinski definition) is 5. The van der Waals surface area contributed by atoms with Crippen molar-refractivity contribution in [1.29, 1.82) is 0 Å². The molecule has 6 rings (SSSR count). The lowest BCUT2D eigenvalue weighted by molar-refractivity contribution is -0.140. The molecule has 3 fully saturated rings. The minimum atomic E-state index is -3.38. The highest BCUT2D eigenvalue weighted by atomic mass is 32.2. The molecular weight excluding hydrogens is 404 g/mol. The van der Waals surface area contributed by atoms with Crippen LogP contribution in [-0.2, 0) is 25.0 Å². The highest BCUT2D eigenvalue weighted by Gasteiger charge is 2.59. The van der Waals surface area contributed by atoms with Gasteiger partial charge in [-0.1, -0.05) is 18.2 Å². The number of fused-ring (bicyclic) bond motifs is 4. The van der Waals surface area contributed by atoms with Gasteiger partial charge in [0.2, 0.25) is 10.0 Å². The summed E-state index contributed by atoms with van der Waals surface area (Å²) in [7, 11) is -3.38. The lowest BCUT2D eigenvalue weighted by atomic mass is 9.81. The van der Waals surface area contributed by atoms with Crippen molar-refractivity contribution in [3.05, 3.63) is 29.8 Å². The van der Waals surface area contributed by atoms with Crippen LogP contribution in [0.4, 0.5) is 0 Å². The zero-order valence-corrected chi connectivity index (χ0v) is 18.2. The van der Waals surface area contributed by atoms with E-state index in [1.807, 2.05) is 12.1 Å². The van der Waals surface area contributed by atoms with Gasteiger partial charge in [0.15, 0.2) is 6.61 Å². The molecule has 1 amide bonds. The van der Waals surface area contributed by atoms with E-state index in [0.29, 0.717) is 25.5 Å². The molecule has 5 atom stereocenters. The zero-order chi connectivity index (χ0) is 20.9. The molecule has 1 saturated heterocycles. The van der Waals surface area contributed by atoms with Gasteiger partial charge in [0.25, 0.3) is 5.91 Å². The van der Waals surface area contributed by atoms with Crippen molar-refractivity contribution in [2.75, 3.05) is 26.0 Å². The average molecular weight is 435 g/mol. The van der Waals surface area contributed by atoms with Crippen LogP contribution in [-0.4, -0.2) is 63.4 Å². The Kier molecular flexibility index (Phi) is 5.07. The maximum absolute atomic E-state index is 13.1. The van der Waals surface area contributed by atoms with Crippen LogP contribution in [0.1, 0.15) is 44.1 Å². The van der Waals surface area contributed by atoms with Gasteiger partial charge in [-0.2, -0.15) is 0 Å². The number of nitrogens with one attached hydrogen (secondary N) is 1. The number of hydrogen-bond donors (Lipinski definition) is 1. The number of benzene rings is 1. The van der Waals surface area contributed by atoms with Crippen molar-refractivity contribution >= 4 is 15.9 Å². The number of para-hydroxylation sites is 1. The van der Waals surface area contributed by atoms with Gasteiger partial charge in [-0.3, -0.25) is 4.79 Å². The van der Waals surface area contributed by atoms with E-state index in [0.717, 1.165) is 37.9 Å². The lowest BCUT2D eigenvalue weighted by Gasteiger charge is -2.41. The number of sulfonamides is 1. The minimum absolute atomic E-state index is 0.0384. The highest BCUT2D eigenvalue weighted by molar-refractivity contribution is 7.88. The van der Waals surface area contributed by atoms with E-state index in [1.54, 1.807) is 4.90 Å². The van der Waals surface area contributed by atoms with Crippen LogP contribution in [0.2, 0.25) is 0 Å². The largest absolute Gasteiger partial charge is 0.483 e. The summed E-state index contributed by atoms with van der Waals surface area (Å²) in [5, 5.41) is 0. The van der Waals surface area contributed by atoms with E-state index in [-0.39, 0.29) is 36.1 Å². The van der Waals surface area contributed by atoms with Gasteiger partial charge < -0.3 is 14.4 Å². The second kappa shape index (κ2) is 7.50. The van der Waals surface area contributed by atoms with Crippen LogP contribution in [0.25, 0.3) is 0 Å². The second-order valence-electron chi connectivity index (χ2n) is 9.36. The van der Waals surface area contributed by atoms with E-state index in [9.17, 15) is 13.2 Å². The van der Waals surface area contributed by atoms with E-state index < -0.39 is 10.0 Å². The van der Waals surface area contributed by atoms with Gasteiger partial charge >= 0.3 is 0 Å². The molecule has 5 aliphatic rings. The predicted molar refractivity (Wildman–Crippen MR) is 112 cm³/mol. The molecule has 1 spiro atoms. The minimum Gasteiger partial charge on any atom is -0.483 e. The van der Waals surface area contributed by atoms with E-state index in [1.165, 1.54) is 11.8 Å². The molecule has 0 radical (unpaired) electrons. The SMILES string of the molecule is CS(=O)(=O)N[C@H]1CCCN2C(=O)COc3ccccc3[C@@]34CC[C@H](CC3C4)OC[C@@H]12. The Morgan fingerprint density at radius 3 is 2.87 bits per heavy atom. The Morgan fingerprint density at radius 2 is 2.07 bits per heavy atom. The summed E-state index contributed by atoms with van der Waals surface area (Å²) < 4.78 is 38.9. The van der Waals surface area contributed by atoms with Crippen molar-refractivity contribution < 1.29 is 22.7 Å². The molecular formula is C22H30N2O5S. The molecule has 8 heteroatoms. The molecule has 1 aromatic carbocycles. The third-order valence-electron chi connectivity index (χ3n) is 7.43. The van der Waals surface area contributed by atoms with Crippen molar-refractivity contribution in [3.8, 4) is 5.75 Å². The zero-order valence-electron chi connectivity index (χ0n) is 17.4. The molecule has 0 aromatic heterocycles. The number of carbonyl (C=O) groups excluding carboxylic acids is 1. The smallest absolute Gasteiger partial charge is 0.260 e. The molecule has 1 unspecified atom stereocenters. The summed E-state index contributed by atoms with van der Waals surface area (Å²) in [4.78, 5) is 14.9. The van der Waals surface area contributed by atoms with Crippen LogP contribution >= 0.6 is 0 Å². The first-order valence-corrected chi connectivity index (χ1v) is 12.9. The van der Waals surface area contributed by atoms with Gasteiger partial charge in [0.1, 0.15) is 5.75 Å².